The molecule has 0 aromatic heterocycles. The second-order valence-corrected chi connectivity index (χ2v) is 2.75. The summed E-state index contributed by atoms with van der Waals surface area (Å²) in [5, 5.41) is 28.6. The summed E-state index contributed by atoms with van der Waals surface area (Å²) >= 11 is 0. The third kappa shape index (κ3) is 25.0. The molecule has 0 heterocycles. The molecule has 0 bridgehead atoms. The van der Waals surface area contributed by atoms with E-state index in [4.69, 9.17) is 21.7 Å². The fourth-order valence-corrected chi connectivity index (χ4v) is 0.569. The van der Waals surface area contributed by atoms with E-state index >= 15 is 0 Å². The summed E-state index contributed by atoms with van der Waals surface area (Å²) in [7, 11) is 1.35. The van der Waals surface area contributed by atoms with Gasteiger partial charge in [0.1, 0.15) is 0 Å². The van der Waals surface area contributed by atoms with Gasteiger partial charge in [-0.1, -0.05) is 13.3 Å². The summed E-state index contributed by atoms with van der Waals surface area (Å²) in [5.74, 6) is -0.120. The fraction of sp³-hybridized carbons (Fsp3) is 0.625. The van der Waals surface area contributed by atoms with Crippen molar-refractivity contribution in [3.05, 3.63) is 0 Å². The molecule has 8 nitrogen and oxygen atoms in total. The first-order valence-electron chi connectivity index (χ1n) is 4.78. The van der Waals surface area contributed by atoms with Gasteiger partial charge in [-0.3, -0.25) is 16.1 Å². The van der Waals surface area contributed by atoms with Gasteiger partial charge in [-0.15, -0.1) is 12.4 Å². The third-order valence-electron chi connectivity index (χ3n) is 1.31. The maximum absolute atomic E-state index is 9.26. The lowest BCUT2D eigenvalue weighted by molar-refractivity contribution is 0.197. The Morgan fingerprint density at radius 1 is 1.41 bits per heavy atom. The quantitative estimate of drug-likeness (QED) is 0.220. The average molecular weight is 269 g/mol. The highest BCUT2D eigenvalue weighted by Crippen LogP contribution is 1.80. The average Bonchev–Trinajstić information content (AvgIpc) is 2.18. The first-order chi connectivity index (χ1) is 7.43. The molecule has 0 spiro atoms. The zero-order valence-electron chi connectivity index (χ0n) is 9.96. The van der Waals surface area contributed by atoms with Gasteiger partial charge in [0, 0.05) is 13.6 Å². The first kappa shape index (κ1) is 20.7. The number of carbonyl (C=O) groups is 1. The Hall–Kier alpha value is -1.70. The van der Waals surface area contributed by atoms with E-state index in [0.717, 1.165) is 19.4 Å². The Morgan fingerprint density at radius 3 is 2.18 bits per heavy atom. The van der Waals surface area contributed by atoms with Crippen molar-refractivity contribution in [2.75, 3.05) is 13.6 Å². The van der Waals surface area contributed by atoms with Crippen molar-refractivity contribution in [3.8, 4) is 0 Å². The lowest BCUT2D eigenvalue weighted by Gasteiger charge is -2.06. The summed E-state index contributed by atoms with van der Waals surface area (Å²) in [6, 6.07) is 0. The number of rotatable bonds is 3. The van der Waals surface area contributed by atoms with Crippen LogP contribution >= 0.6 is 12.4 Å². The van der Waals surface area contributed by atoms with Crippen LogP contribution in [0.2, 0.25) is 0 Å². The van der Waals surface area contributed by atoms with E-state index in [-0.39, 0.29) is 24.3 Å². The van der Waals surface area contributed by atoms with Gasteiger partial charge >= 0.3 is 6.09 Å². The summed E-state index contributed by atoms with van der Waals surface area (Å²) in [6.45, 7) is 2.82. The molecule has 0 saturated heterocycles. The minimum Gasteiger partial charge on any atom is -0.465 e. The third-order valence-corrected chi connectivity index (χ3v) is 1.31. The van der Waals surface area contributed by atoms with Crippen LogP contribution in [0.3, 0.4) is 0 Å². The van der Waals surface area contributed by atoms with Gasteiger partial charge in [0.25, 0.3) is 0 Å². The highest BCUT2D eigenvalue weighted by molar-refractivity contribution is 5.94. The van der Waals surface area contributed by atoms with Crippen molar-refractivity contribution in [2.24, 2.45) is 5.73 Å². The van der Waals surface area contributed by atoms with Crippen LogP contribution in [-0.4, -0.2) is 36.7 Å². The number of guanidine groups is 2. The van der Waals surface area contributed by atoms with E-state index in [9.17, 15) is 4.79 Å². The van der Waals surface area contributed by atoms with Gasteiger partial charge in [-0.2, -0.15) is 0 Å². The number of nitrogens with two attached hydrogens (primary N) is 1. The number of amides is 1. The maximum Gasteiger partial charge on any atom is 0.404 e. The molecule has 8 N–H and O–H groups in total. The van der Waals surface area contributed by atoms with Crippen LogP contribution in [0.15, 0.2) is 0 Å². The Morgan fingerprint density at radius 2 is 1.88 bits per heavy atom. The summed E-state index contributed by atoms with van der Waals surface area (Å²) < 4.78 is 0. The molecule has 0 aromatic rings. The predicted molar refractivity (Wildman–Crippen MR) is 70.0 cm³/mol. The van der Waals surface area contributed by atoms with Gasteiger partial charge in [0.05, 0.1) is 0 Å². The monoisotopic (exact) mass is 268 g/mol. The van der Waals surface area contributed by atoms with Crippen molar-refractivity contribution < 1.29 is 9.90 Å². The molecule has 0 aliphatic rings. The SMILES string of the molecule is CCCCNC(=N)NC(=N)N.CNC(=O)O.Cl. The van der Waals surface area contributed by atoms with Gasteiger partial charge < -0.3 is 21.5 Å². The normalized spacial score (nSPS) is 7.65. The van der Waals surface area contributed by atoms with E-state index < -0.39 is 6.09 Å². The van der Waals surface area contributed by atoms with Crippen LogP contribution in [-0.2, 0) is 0 Å². The number of unbranched alkanes of at least 4 members (excludes halogenated alkanes) is 1. The molecular formula is C8H21ClN6O2. The highest BCUT2D eigenvalue weighted by atomic mass is 35.5. The van der Waals surface area contributed by atoms with Crippen LogP contribution in [0.25, 0.3) is 0 Å². The standard InChI is InChI=1S/C6H15N5.C2H5NO2.ClH/c1-2-3-4-10-6(9)11-5(7)8;1-3-2(4)5;/h2-4H2,1H3,(H6,7,8,9,10,11);3H,1H3,(H,4,5);1H. The molecule has 0 rings (SSSR count). The van der Waals surface area contributed by atoms with Gasteiger partial charge in [-0.25, -0.2) is 4.79 Å². The fourth-order valence-electron chi connectivity index (χ4n) is 0.569. The molecule has 9 heteroatoms. The Bertz CT molecular complexity index is 236. The molecule has 17 heavy (non-hydrogen) atoms. The zero-order chi connectivity index (χ0) is 13.0. The molecule has 0 aromatic carbocycles. The number of hydrogen-bond donors (Lipinski definition) is 7. The van der Waals surface area contributed by atoms with Gasteiger partial charge in [0.15, 0.2) is 11.9 Å². The molecule has 102 valence electrons. The van der Waals surface area contributed by atoms with Crippen LogP contribution in [0.5, 0.6) is 0 Å². The molecule has 0 saturated carbocycles. The molecule has 0 unspecified atom stereocenters. The number of nitrogens with one attached hydrogen (secondary N) is 5. The summed E-state index contributed by atoms with van der Waals surface area (Å²) in [4.78, 5) is 9.26. The highest BCUT2D eigenvalue weighted by Gasteiger charge is 1.93. The largest absolute Gasteiger partial charge is 0.465 e. The van der Waals surface area contributed by atoms with E-state index in [0.29, 0.717) is 0 Å². The van der Waals surface area contributed by atoms with Crippen molar-refractivity contribution in [2.45, 2.75) is 19.8 Å². The number of hydrogen-bond acceptors (Lipinski definition) is 3. The first-order valence-corrected chi connectivity index (χ1v) is 4.78. The molecular weight excluding hydrogens is 248 g/mol. The van der Waals surface area contributed by atoms with Gasteiger partial charge in [-0.05, 0) is 6.42 Å². The van der Waals surface area contributed by atoms with E-state index in [2.05, 4.69) is 17.6 Å². The predicted octanol–water partition coefficient (Wildman–Crippen LogP) is 0.0995. The van der Waals surface area contributed by atoms with Crippen LogP contribution in [0.4, 0.5) is 4.79 Å². The Labute approximate surface area is 107 Å². The van der Waals surface area contributed by atoms with Crippen molar-refractivity contribution >= 4 is 30.4 Å². The van der Waals surface area contributed by atoms with E-state index in [1.807, 2.05) is 5.32 Å². The van der Waals surface area contributed by atoms with Crippen LogP contribution < -0.4 is 21.7 Å². The molecule has 0 aliphatic carbocycles. The minimum atomic E-state index is -0.995. The topological polar surface area (TPSA) is 147 Å². The number of halogens is 1. The van der Waals surface area contributed by atoms with E-state index in [1.165, 1.54) is 7.05 Å². The zero-order valence-corrected chi connectivity index (χ0v) is 10.8. The Balaban J connectivity index is -0.000000280. The Kier molecular flexibility index (Phi) is 17.4. The lowest BCUT2D eigenvalue weighted by atomic mass is 10.3. The molecule has 0 fully saturated rings. The number of carboxylic acid groups (broad SMARTS) is 1. The van der Waals surface area contributed by atoms with Crippen molar-refractivity contribution in [3.63, 3.8) is 0 Å². The van der Waals surface area contributed by atoms with Crippen molar-refractivity contribution in [1.29, 1.82) is 10.8 Å². The summed E-state index contributed by atoms with van der Waals surface area (Å²) in [5.41, 5.74) is 4.99. The molecule has 0 radical (unpaired) electrons. The smallest absolute Gasteiger partial charge is 0.404 e. The van der Waals surface area contributed by atoms with Crippen LogP contribution in [0, 0.1) is 10.8 Å². The molecule has 0 aliphatic heterocycles. The van der Waals surface area contributed by atoms with Crippen molar-refractivity contribution in [1.82, 2.24) is 16.0 Å². The van der Waals surface area contributed by atoms with E-state index in [1.54, 1.807) is 0 Å². The second kappa shape index (κ2) is 14.3. The van der Waals surface area contributed by atoms with Gasteiger partial charge in [0.2, 0.25) is 0 Å². The minimum absolute atomic E-state index is 0. The second-order valence-electron chi connectivity index (χ2n) is 2.75. The molecule has 0 atom stereocenters. The lowest BCUT2D eigenvalue weighted by Crippen LogP contribution is -2.43. The maximum atomic E-state index is 9.26. The van der Waals surface area contributed by atoms with Crippen LogP contribution in [0.1, 0.15) is 19.8 Å². The summed E-state index contributed by atoms with van der Waals surface area (Å²) in [6.07, 6.45) is 1.10. The molecule has 1 amide bonds.